The number of aromatic nitrogens is 2. The Morgan fingerprint density at radius 1 is 0.857 bits per heavy atom. The zero-order valence-corrected chi connectivity index (χ0v) is 14.4. The lowest BCUT2D eigenvalue weighted by molar-refractivity contribution is 0.521. The fraction of sp³-hybridized carbons (Fsp3) is 0.444. The van der Waals surface area contributed by atoms with E-state index in [2.05, 4.69) is 65.8 Å². The number of nitrogens with zero attached hydrogens (tertiary/aromatic N) is 2. The lowest BCUT2D eigenvalue weighted by Gasteiger charge is -2.23. The van der Waals surface area contributed by atoms with E-state index in [1.54, 1.807) is 0 Å². The van der Waals surface area contributed by atoms with E-state index in [1.165, 1.54) is 20.5 Å². The summed E-state index contributed by atoms with van der Waals surface area (Å²) in [5.41, 5.74) is 2.25. The Morgan fingerprint density at radius 3 is 2.14 bits per heavy atom. The molecule has 2 nitrogen and oxygen atoms in total. The molecule has 0 fully saturated rings. The Hall–Kier alpha value is -1.48. The van der Waals surface area contributed by atoms with Crippen molar-refractivity contribution in [2.75, 3.05) is 0 Å². The molecule has 1 aromatic carbocycles. The van der Waals surface area contributed by atoms with Crippen molar-refractivity contribution in [3.8, 4) is 0 Å². The first kappa shape index (κ1) is 14.5. The van der Waals surface area contributed by atoms with Crippen LogP contribution in [0.25, 0.3) is 20.3 Å². The number of hydrogen-bond acceptors (Lipinski definition) is 3. The Labute approximate surface area is 130 Å². The summed E-state index contributed by atoms with van der Waals surface area (Å²) in [6.45, 7) is 13.2. The van der Waals surface area contributed by atoms with Gasteiger partial charge >= 0.3 is 0 Å². The molecule has 0 N–H and O–H groups in total. The Kier molecular flexibility index (Phi) is 3.10. The van der Waals surface area contributed by atoms with Crippen molar-refractivity contribution in [3.05, 3.63) is 35.8 Å². The van der Waals surface area contributed by atoms with Crippen molar-refractivity contribution in [1.82, 2.24) is 9.97 Å². The van der Waals surface area contributed by atoms with E-state index in [-0.39, 0.29) is 10.8 Å². The molecule has 21 heavy (non-hydrogen) atoms. The van der Waals surface area contributed by atoms with Crippen LogP contribution in [-0.4, -0.2) is 9.97 Å². The lowest BCUT2D eigenvalue weighted by Crippen LogP contribution is -2.21. The van der Waals surface area contributed by atoms with Crippen LogP contribution in [0.15, 0.2) is 24.3 Å². The second kappa shape index (κ2) is 4.51. The highest BCUT2D eigenvalue weighted by atomic mass is 32.1. The summed E-state index contributed by atoms with van der Waals surface area (Å²) in [6.07, 6.45) is 0. The number of rotatable bonds is 0. The summed E-state index contributed by atoms with van der Waals surface area (Å²) < 4.78 is 2.52. The molecule has 0 saturated heterocycles. The van der Waals surface area contributed by atoms with Crippen LogP contribution in [0.2, 0.25) is 0 Å². The lowest BCUT2D eigenvalue weighted by atomic mass is 9.89. The van der Waals surface area contributed by atoms with E-state index in [1.807, 2.05) is 11.3 Å². The molecule has 0 spiro atoms. The van der Waals surface area contributed by atoms with Gasteiger partial charge in [-0.15, -0.1) is 11.3 Å². The third-order valence-electron chi connectivity index (χ3n) is 3.60. The molecule has 110 valence electrons. The molecule has 3 heteroatoms. The van der Waals surface area contributed by atoms with Gasteiger partial charge in [0.15, 0.2) is 0 Å². The van der Waals surface area contributed by atoms with Crippen LogP contribution in [0, 0.1) is 0 Å². The second-order valence-corrected chi connectivity index (χ2v) is 8.72. The van der Waals surface area contributed by atoms with E-state index in [4.69, 9.17) is 9.97 Å². The van der Waals surface area contributed by atoms with Gasteiger partial charge in [0, 0.05) is 20.9 Å². The summed E-state index contributed by atoms with van der Waals surface area (Å²) >= 11 is 1.81. The molecule has 0 saturated carbocycles. The Morgan fingerprint density at radius 2 is 1.52 bits per heavy atom. The molecular weight excluding hydrogens is 276 g/mol. The average molecular weight is 298 g/mol. The Bertz CT molecular complexity index is 817. The summed E-state index contributed by atoms with van der Waals surface area (Å²) in [5, 5.41) is 1.25. The van der Waals surface area contributed by atoms with Crippen molar-refractivity contribution in [1.29, 1.82) is 0 Å². The van der Waals surface area contributed by atoms with Gasteiger partial charge in [0.2, 0.25) is 0 Å². The minimum atomic E-state index is -0.0444. The van der Waals surface area contributed by atoms with Crippen LogP contribution < -0.4 is 0 Å². The molecule has 2 aromatic heterocycles. The van der Waals surface area contributed by atoms with Gasteiger partial charge < -0.3 is 0 Å². The van der Waals surface area contributed by atoms with E-state index >= 15 is 0 Å². The normalized spacial score (nSPS) is 13.2. The van der Waals surface area contributed by atoms with Crippen LogP contribution in [0.1, 0.15) is 53.1 Å². The maximum atomic E-state index is 4.94. The molecule has 0 aliphatic heterocycles. The minimum Gasteiger partial charge on any atom is -0.235 e. The van der Waals surface area contributed by atoms with Crippen molar-refractivity contribution in [3.63, 3.8) is 0 Å². The van der Waals surface area contributed by atoms with Crippen LogP contribution in [0.3, 0.4) is 0 Å². The highest BCUT2D eigenvalue weighted by Gasteiger charge is 2.26. The van der Waals surface area contributed by atoms with Gasteiger partial charge in [0.25, 0.3) is 0 Å². The fourth-order valence-corrected chi connectivity index (χ4v) is 3.78. The Balaban J connectivity index is 2.48. The first-order valence-corrected chi connectivity index (χ1v) is 8.20. The van der Waals surface area contributed by atoms with E-state index in [0.29, 0.717) is 0 Å². The van der Waals surface area contributed by atoms with Crippen LogP contribution in [0.4, 0.5) is 0 Å². The number of benzene rings is 1. The summed E-state index contributed by atoms with van der Waals surface area (Å²) in [6, 6.07) is 8.52. The predicted molar refractivity (Wildman–Crippen MR) is 92.3 cm³/mol. The standard InChI is InChI=1S/C18H22N2S/c1-17(2,3)15-14-13(19-16(20-15)18(4,5)6)11-9-7-8-10-12(11)21-14/h7-10H,1-6H3. The van der Waals surface area contributed by atoms with Gasteiger partial charge in [-0.05, 0) is 6.07 Å². The molecule has 3 rings (SSSR count). The molecule has 3 aromatic rings. The molecule has 2 heterocycles. The van der Waals surface area contributed by atoms with Crippen molar-refractivity contribution >= 4 is 31.6 Å². The van der Waals surface area contributed by atoms with Gasteiger partial charge in [-0.3, -0.25) is 0 Å². The quantitative estimate of drug-likeness (QED) is 0.552. The van der Waals surface area contributed by atoms with Crippen molar-refractivity contribution in [2.24, 2.45) is 0 Å². The van der Waals surface area contributed by atoms with Gasteiger partial charge in [-0.1, -0.05) is 59.7 Å². The van der Waals surface area contributed by atoms with E-state index in [0.717, 1.165) is 11.3 Å². The third kappa shape index (κ3) is 2.44. The maximum Gasteiger partial charge on any atom is 0.134 e. The third-order valence-corrected chi connectivity index (χ3v) is 4.77. The molecule has 0 aliphatic rings. The first-order valence-electron chi connectivity index (χ1n) is 7.38. The predicted octanol–water partition coefficient (Wildman–Crippen LogP) is 5.44. The second-order valence-electron chi connectivity index (χ2n) is 7.67. The van der Waals surface area contributed by atoms with E-state index in [9.17, 15) is 0 Å². The highest BCUT2D eigenvalue weighted by molar-refractivity contribution is 7.25. The molecule has 0 aliphatic carbocycles. The number of fused-ring (bicyclic) bond motifs is 3. The molecule has 0 unspecified atom stereocenters. The zero-order valence-electron chi connectivity index (χ0n) is 13.6. The molecule has 0 amide bonds. The van der Waals surface area contributed by atoms with Gasteiger partial charge in [0.1, 0.15) is 5.82 Å². The van der Waals surface area contributed by atoms with Crippen LogP contribution in [-0.2, 0) is 10.8 Å². The number of thiophene rings is 1. The van der Waals surface area contributed by atoms with Crippen molar-refractivity contribution in [2.45, 2.75) is 52.4 Å². The first-order chi connectivity index (χ1) is 9.68. The molecular formula is C18H22N2S. The fourth-order valence-electron chi connectivity index (χ4n) is 2.43. The van der Waals surface area contributed by atoms with Gasteiger partial charge in [-0.25, -0.2) is 9.97 Å². The summed E-state index contributed by atoms with van der Waals surface area (Å²) in [7, 11) is 0. The summed E-state index contributed by atoms with van der Waals surface area (Å²) in [5.74, 6) is 0.934. The number of hydrogen-bond donors (Lipinski definition) is 0. The molecule has 0 radical (unpaired) electrons. The highest BCUT2D eigenvalue weighted by Crippen LogP contribution is 2.39. The monoisotopic (exact) mass is 298 g/mol. The zero-order chi connectivity index (χ0) is 15.4. The largest absolute Gasteiger partial charge is 0.235 e. The van der Waals surface area contributed by atoms with Crippen LogP contribution >= 0.6 is 11.3 Å². The van der Waals surface area contributed by atoms with Gasteiger partial charge in [0.05, 0.1) is 15.9 Å². The van der Waals surface area contributed by atoms with E-state index < -0.39 is 0 Å². The van der Waals surface area contributed by atoms with Crippen LogP contribution in [0.5, 0.6) is 0 Å². The van der Waals surface area contributed by atoms with Crippen molar-refractivity contribution < 1.29 is 0 Å². The summed E-state index contributed by atoms with van der Waals surface area (Å²) in [4.78, 5) is 9.85. The average Bonchev–Trinajstić information content (AvgIpc) is 2.73. The minimum absolute atomic E-state index is 0.0159. The van der Waals surface area contributed by atoms with Gasteiger partial charge in [-0.2, -0.15) is 0 Å². The smallest absolute Gasteiger partial charge is 0.134 e. The topological polar surface area (TPSA) is 25.8 Å². The molecule has 0 atom stereocenters. The maximum absolute atomic E-state index is 4.94. The SMILES string of the molecule is CC(C)(C)c1nc(C(C)(C)C)c2sc3ccccc3c2n1. The molecule has 0 bridgehead atoms.